The second-order valence-corrected chi connectivity index (χ2v) is 5.91. The molecule has 0 atom stereocenters. The van der Waals surface area contributed by atoms with Gasteiger partial charge in [-0.1, -0.05) is 46.6 Å². The number of halogens is 2. The van der Waals surface area contributed by atoms with Gasteiger partial charge in [0.25, 0.3) is 0 Å². The maximum atomic E-state index is 6.16. The molecule has 0 spiro atoms. The molecule has 2 rings (SSSR count). The number of nitrogens with one attached hydrogen (secondary N) is 1. The van der Waals surface area contributed by atoms with Crippen molar-refractivity contribution in [3.05, 3.63) is 50.8 Å². The van der Waals surface area contributed by atoms with Crippen LogP contribution in [0.25, 0.3) is 0 Å². The van der Waals surface area contributed by atoms with Crippen molar-refractivity contribution in [2.45, 2.75) is 33.2 Å². The normalized spacial score (nSPS) is 10.6. The van der Waals surface area contributed by atoms with E-state index in [1.165, 1.54) is 5.56 Å². The Kier molecular flexibility index (Phi) is 5.38. The number of hydrogen-bond donors (Lipinski definition) is 1. The Balaban J connectivity index is 2.13. The van der Waals surface area contributed by atoms with Crippen LogP contribution in [0.3, 0.4) is 0 Å². The molecule has 2 aromatic rings. The molecule has 106 valence electrons. The van der Waals surface area contributed by atoms with Crippen molar-refractivity contribution >= 4 is 33.3 Å². The molecule has 0 fully saturated rings. The zero-order chi connectivity index (χ0) is 14.5. The minimum absolute atomic E-state index is 0.529. The molecular weight excluding hydrogens is 338 g/mol. The first-order valence-corrected chi connectivity index (χ1v) is 7.78. The van der Waals surface area contributed by atoms with E-state index in [0.29, 0.717) is 11.7 Å². The third kappa shape index (κ3) is 3.93. The molecular formula is C15H17BrClN3. The van der Waals surface area contributed by atoms with Crippen LogP contribution in [0.15, 0.2) is 28.7 Å². The molecule has 0 aliphatic carbocycles. The molecule has 0 bridgehead atoms. The molecule has 0 amide bonds. The Hall–Kier alpha value is -1.13. The third-order valence-corrected chi connectivity index (χ3v) is 3.88. The van der Waals surface area contributed by atoms with E-state index in [2.05, 4.69) is 50.3 Å². The summed E-state index contributed by atoms with van der Waals surface area (Å²) >= 11 is 9.59. The molecule has 0 aliphatic heterocycles. The largest absolute Gasteiger partial charge is 0.366 e. The molecule has 0 saturated heterocycles. The average Bonchev–Trinajstić information content (AvgIpc) is 2.43. The van der Waals surface area contributed by atoms with Gasteiger partial charge in [-0.05, 0) is 31.0 Å². The van der Waals surface area contributed by atoms with Crippen molar-refractivity contribution < 1.29 is 0 Å². The van der Waals surface area contributed by atoms with E-state index in [4.69, 9.17) is 11.6 Å². The highest BCUT2D eigenvalue weighted by molar-refractivity contribution is 9.10. The standard InChI is InChI=1S/C15H17BrClN3/c1-3-4-13-19-14(17)10(2)15(20-13)18-9-11-5-7-12(16)8-6-11/h5-8H,3-4,9H2,1-2H3,(H,18,19,20). The average molecular weight is 355 g/mol. The molecule has 0 radical (unpaired) electrons. The summed E-state index contributed by atoms with van der Waals surface area (Å²) in [5.41, 5.74) is 2.09. The summed E-state index contributed by atoms with van der Waals surface area (Å²) in [6.45, 7) is 4.75. The highest BCUT2D eigenvalue weighted by atomic mass is 79.9. The van der Waals surface area contributed by atoms with Crippen LogP contribution >= 0.6 is 27.5 Å². The van der Waals surface area contributed by atoms with E-state index >= 15 is 0 Å². The highest BCUT2D eigenvalue weighted by Gasteiger charge is 2.08. The van der Waals surface area contributed by atoms with Gasteiger partial charge in [0.15, 0.2) is 0 Å². The summed E-state index contributed by atoms with van der Waals surface area (Å²) in [7, 11) is 0. The quantitative estimate of drug-likeness (QED) is 0.786. The number of aromatic nitrogens is 2. The van der Waals surface area contributed by atoms with Crippen LogP contribution in [0.5, 0.6) is 0 Å². The van der Waals surface area contributed by atoms with Crippen LogP contribution in [0, 0.1) is 6.92 Å². The summed E-state index contributed by atoms with van der Waals surface area (Å²) in [5, 5.41) is 3.87. The van der Waals surface area contributed by atoms with Gasteiger partial charge in [0.05, 0.1) is 0 Å². The SMILES string of the molecule is CCCc1nc(Cl)c(C)c(NCc2ccc(Br)cc2)n1. The molecule has 3 nitrogen and oxygen atoms in total. The summed E-state index contributed by atoms with van der Waals surface area (Å²) in [5.74, 6) is 1.61. The monoisotopic (exact) mass is 353 g/mol. The Labute approximate surface area is 132 Å². The lowest BCUT2D eigenvalue weighted by molar-refractivity contribution is 0.830. The first-order chi connectivity index (χ1) is 9.60. The number of benzene rings is 1. The van der Waals surface area contributed by atoms with E-state index in [1.807, 2.05) is 19.1 Å². The third-order valence-electron chi connectivity index (χ3n) is 2.98. The predicted molar refractivity (Wildman–Crippen MR) is 87.2 cm³/mol. The molecule has 5 heteroatoms. The van der Waals surface area contributed by atoms with Gasteiger partial charge in [0.1, 0.15) is 16.8 Å². The lowest BCUT2D eigenvalue weighted by atomic mass is 10.2. The lowest BCUT2D eigenvalue weighted by Gasteiger charge is -2.11. The molecule has 20 heavy (non-hydrogen) atoms. The van der Waals surface area contributed by atoms with Crippen LogP contribution in [0.2, 0.25) is 5.15 Å². The fourth-order valence-corrected chi connectivity index (χ4v) is 2.28. The van der Waals surface area contributed by atoms with Gasteiger partial charge >= 0.3 is 0 Å². The Morgan fingerprint density at radius 3 is 2.55 bits per heavy atom. The van der Waals surface area contributed by atoms with Gasteiger partial charge < -0.3 is 5.32 Å². The summed E-state index contributed by atoms with van der Waals surface area (Å²) in [6, 6.07) is 8.20. The van der Waals surface area contributed by atoms with Crippen molar-refractivity contribution in [3.63, 3.8) is 0 Å². The molecule has 0 saturated carbocycles. The number of nitrogens with zero attached hydrogens (tertiary/aromatic N) is 2. The van der Waals surface area contributed by atoms with Crippen molar-refractivity contribution in [1.29, 1.82) is 0 Å². The van der Waals surface area contributed by atoms with Crippen LogP contribution in [-0.2, 0) is 13.0 Å². The number of hydrogen-bond acceptors (Lipinski definition) is 3. The highest BCUT2D eigenvalue weighted by Crippen LogP contribution is 2.21. The molecule has 1 aromatic carbocycles. The Morgan fingerprint density at radius 2 is 1.90 bits per heavy atom. The summed E-state index contributed by atoms with van der Waals surface area (Å²) < 4.78 is 1.08. The van der Waals surface area contributed by atoms with E-state index in [0.717, 1.165) is 34.5 Å². The molecule has 0 aliphatic rings. The first-order valence-electron chi connectivity index (χ1n) is 6.61. The number of rotatable bonds is 5. The Morgan fingerprint density at radius 1 is 1.20 bits per heavy atom. The zero-order valence-corrected chi connectivity index (χ0v) is 13.9. The van der Waals surface area contributed by atoms with E-state index in [1.54, 1.807) is 0 Å². The van der Waals surface area contributed by atoms with Crippen LogP contribution < -0.4 is 5.32 Å². The van der Waals surface area contributed by atoms with Crippen LogP contribution in [0.4, 0.5) is 5.82 Å². The minimum atomic E-state index is 0.529. The van der Waals surface area contributed by atoms with Crippen LogP contribution in [-0.4, -0.2) is 9.97 Å². The van der Waals surface area contributed by atoms with Crippen molar-refractivity contribution in [3.8, 4) is 0 Å². The molecule has 1 N–H and O–H groups in total. The second kappa shape index (κ2) is 7.04. The van der Waals surface area contributed by atoms with E-state index in [9.17, 15) is 0 Å². The predicted octanol–water partition coefficient (Wildman–Crippen LogP) is 4.77. The van der Waals surface area contributed by atoms with E-state index in [-0.39, 0.29) is 0 Å². The zero-order valence-electron chi connectivity index (χ0n) is 11.6. The first kappa shape index (κ1) is 15.3. The van der Waals surface area contributed by atoms with Gasteiger partial charge in [0, 0.05) is 23.0 Å². The van der Waals surface area contributed by atoms with Gasteiger partial charge in [-0.3, -0.25) is 0 Å². The van der Waals surface area contributed by atoms with E-state index < -0.39 is 0 Å². The van der Waals surface area contributed by atoms with Gasteiger partial charge in [-0.15, -0.1) is 0 Å². The number of aryl methyl sites for hydroxylation is 1. The minimum Gasteiger partial charge on any atom is -0.366 e. The molecule has 1 aromatic heterocycles. The smallest absolute Gasteiger partial charge is 0.137 e. The van der Waals surface area contributed by atoms with Crippen molar-refractivity contribution in [2.75, 3.05) is 5.32 Å². The van der Waals surface area contributed by atoms with Crippen molar-refractivity contribution in [2.24, 2.45) is 0 Å². The maximum absolute atomic E-state index is 6.16. The Bertz CT molecular complexity index is 584. The summed E-state index contributed by atoms with van der Waals surface area (Å²) in [6.07, 6.45) is 1.85. The number of anilines is 1. The topological polar surface area (TPSA) is 37.8 Å². The van der Waals surface area contributed by atoms with Crippen molar-refractivity contribution in [1.82, 2.24) is 9.97 Å². The lowest BCUT2D eigenvalue weighted by Crippen LogP contribution is -2.07. The molecule has 0 unspecified atom stereocenters. The fraction of sp³-hybridized carbons (Fsp3) is 0.333. The van der Waals surface area contributed by atoms with Gasteiger partial charge in [-0.2, -0.15) is 0 Å². The fourth-order valence-electron chi connectivity index (χ4n) is 1.83. The maximum Gasteiger partial charge on any atom is 0.137 e. The molecule has 1 heterocycles. The summed E-state index contributed by atoms with van der Waals surface area (Å²) in [4.78, 5) is 8.84. The second-order valence-electron chi connectivity index (χ2n) is 4.63. The van der Waals surface area contributed by atoms with Gasteiger partial charge in [0.2, 0.25) is 0 Å². The van der Waals surface area contributed by atoms with Crippen LogP contribution in [0.1, 0.15) is 30.3 Å². The van der Waals surface area contributed by atoms with Gasteiger partial charge in [-0.25, -0.2) is 9.97 Å².